The van der Waals surface area contributed by atoms with E-state index < -0.39 is 0 Å². The topological polar surface area (TPSA) is 111 Å². The number of aromatic nitrogens is 3. The van der Waals surface area contributed by atoms with Gasteiger partial charge in [-0.15, -0.1) is 10.2 Å². The standard InChI is InChI=1S/C16H20N8O/c1-2-10-8-23(16(25)19-6-4-17)9-11(10)15-22-21-13-7-20-14-12(24(13)15)3-5-18-14/h3,5,7,10-12,14,18H,2,6,8-9H2,1H3,(H,19,25)/t10-,11+,12?,14?/m0/s1. The molecular formula is C16H20N8O. The van der Waals surface area contributed by atoms with E-state index in [1.54, 1.807) is 11.1 Å². The number of fused-ring (bicyclic) bond motifs is 3. The summed E-state index contributed by atoms with van der Waals surface area (Å²) in [6, 6.07) is 1.82. The van der Waals surface area contributed by atoms with E-state index >= 15 is 0 Å². The van der Waals surface area contributed by atoms with Gasteiger partial charge in [-0.25, -0.2) is 4.79 Å². The Morgan fingerprint density at radius 2 is 2.36 bits per heavy atom. The van der Waals surface area contributed by atoms with Gasteiger partial charge < -0.3 is 15.5 Å². The second-order valence-electron chi connectivity index (χ2n) is 6.52. The fourth-order valence-corrected chi connectivity index (χ4v) is 3.89. The van der Waals surface area contributed by atoms with E-state index in [4.69, 9.17) is 5.26 Å². The molecule has 2 N–H and O–H groups in total. The molecule has 1 fully saturated rings. The Bertz CT molecular complexity index is 776. The summed E-state index contributed by atoms with van der Waals surface area (Å²) in [6.07, 6.45) is 6.68. The van der Waals surface area contributed by atoms with Gasteiger partial charge in [0.2, 0.25) is 0 Å². The summed E-state index contributed by atoms with van der Waals surface area (Å²) in [5.41, 5.74) is 0. The summed E-state index contributed by atoms with van der Waals surface area (Å²) in [4.78, 5) is 18.5. The van der Waals surface area contributed by atoms with Gasteiger partial charge in [0.05, 0.1) is 18.3 Å². The van der Waals surface area contributed by atoms with Gasteiger partial charge in [-0.3, -0.25) is 9.56 Å². The van der Waals surface area contributed by atoms with Crippen LogP contribution in [-0.2, 0) is 0 Å². The number of amides is 2. The predicted molar refractivity (Wildman–Crippen MR) is 89.8 cm³/mol. The van der Waals surface area contributed by atoms with Gasteiger partial charge in [-0.2, -0.15) is 5.26 Å². The highest BCUT2D eigenvalue weighted by Crippen LogP contribution is 2.37. The number of rotatable bonds is 3. The first-order chi connectivity index (χ1) is 12.2. The molecule has 1 aromatic heterocycles. The number of likely N-dealkylation sites (tertiary alicyclic amines) is 1. The molecule has 0 spiro atoms. The Morgan fingerprint density at radius 1 is 1.48 bits per heavy atom. The number of urea groups is 1. The predicted octanol–water partition coefficient (Wildman–Crippen LogP) is 0.353. The normalized spacial score (nSPS) is 29.0. The number of carbonyl (C=O) groups excluding carboxylic acids is 1. The van der Waals surface area contributed by atoms with Crippen molar-refractivity contribution < 1.29 is 4.79 Å². The molecule has 1 saturated heterocycles. The van der Waals surface area contributed by atoms with Crippen LogP contribution in [0.15, 0.2) is 17.3 Å². The Balaban J connectivity index is 1.61. The van der Waals surface area contributed by atoms with E-state index in [2.05, 4.69) is 43.4 Å². The Labute approximate surface area is 145 Å². The zero-order valence-corrected chi connectivity index (χ0v) is 14.0. The van der Waals surface area contributed by atoms with E-state index in [1.807, 2.05) is 12.3 Å². The van der Waals surface area contributed by atoms with Crippen LogP contribution in [0.4, 0.5) is 4.79 Å². The van der Waals surface area contributed by atoms with Crippen molar-refractivity contribution in [2.24, 2.45) is 10.9 Å². The van der Waals surface area contributed by atoms with E-state index in [-0.39, 0.29) is 30.7 Å². The first kappa shape index (κ1) is 15.6. The maximum atomic E-state index is 12.2. The van der Waals surface area contributed by atoms with Crippen LogP contribution in [-0.4, -0.2) is 57.7 Å². The van der Waals surface area contributed by atoms with Crippen molar-refractivity contribution >= 4 is 12.2 Å². The molecule has 9 heteroatoms. The van der Waals surface area contributed by atoms with Gasteiger partial charge >= 0.3 is 6.03 Å². The molecule has 4 atom stereocenters. The van der Waals surface area contributed by atoms with Crippen LogP contribution in [0.2, 0.25) is 0 Å². The van der Waals surface area contributed by atoms with Crippen molar-refractivity contribution in [3.05, 3.63) is 23.9 Å². The first-order valence-electron chi connectivity index (χ1n) is 8.53. The third-order valence-corrected chi connectivity index (χ3v) is 5.18. The molecule has 3 aliphatic rings. The molecule has 25 heavy (non-hydrogen) atoms. The van der Waals surface area contributed by atoms with Crippen molar-refractivity contribution in [1.82, 2.24) is 30.3 Å². The summed E-state index contributed by atoms with van der Waals surface area (Å²) in [5, 5.41) is 23.2. The molecule has 0 aromatic carbocycles. The molecule has 2 amide bonds. The molecule has 0 bridgehead atoms. The van der Waals surface area contributed by atoms with Gasteiger partial charge in [0.25, 0.3) is 0 Å². The number of carbonyl (C=O) groups is 1. The zero-order chi connectivity index (χ0) is 17.4. The molecule has 0 aliphatic carbocycles. The van der Waals surface area contributed by atoms with Crippen molar-refractivity contribution in [2.45, 2.75) is 31.5 Å². The molecule has 9 nitrogen and oxygen atoms in total. The molecular weight excluding hydrogens is 320 g/mol. The van der Waals surface area contributed by atoms with Crippen LogP contribution in [0, 0.1) is 17.2 Å². The van der Waals surface area contributed by atoms with Crippen LogP contribution in [0.1, 0.15) is 37.0 Å². The number of nitrogens with zero attached hydrogens (tertiary/aromatic N) is 6. The van der Waals surface area contributed by atoms with Gasteiger partial charge in [-0.1, -0.05) is 13.3 Å². The van der Waals surface area contributed by atoms with Gasteiger partial charge in [0.1, 0.15) is 18.5 Å². The second kappa shape index (κ2) is 6.20. The minimum Gasteiger partial charge on any atom is -0.368 e. The zero-order valence-electron chi connectivity index (χ0n) is 14.0. The van der Waals surface area contributed by atoms with Crippen molar-refractivity contribution in [3.63, 3.8) is 0 Å². The molecule has 0 saturated carbocycles. The van der Waals surface area contributed by atoms with Crippen LogP contribution in [0.3, 0.4) is 0 Å². The minimum absolute atomic E-state index is 0.0150. The van der Waals surface area contributed by atoms with Crippen molar-refractivity contribution in [3.8, 4) is 6.07 Å². The highest BCUT2D eigenvalue weighted by atomic mass is 16.2. The minimum atomic E-state index is -0.192. The monoisotopic (exact) mass is 340 g/mol. The number of nitrogens with one attached hydrogen (secondary N) is 2. The summed E-state index contributed by atoms with van der Waals surface area (Å²) in [7, 11) is 0. The van der Waals surface area contributed by atoms with Crippen LogP contribution in [0.25, 0.3) is 0 Å². The highest BCUT2D eigenvalue weighted by molar-refractivity contribution is 5.76. The Morgan fingerprint density at radius 3 is 3.16 bits per heavy atom. The van der Waals surface area contributed by atoms with Crippen molar-refractivity contribution in [2.75, 3.05) is 19.6 Å². The van der Waals surface area contributed by atoms with Gasteiger partial charge in [0, 0.05) is 19.0 Å². The quantitative estimate of drug-likeness (QED) is 0.772. The van der Waals surface area contributed by atoms with Gasteiger partial charge in [-0.05, 0) is 18.2 Å². The van der Waals surface area contributed by atoms with Crippen LogP contribution < -0.4 is 10.6 Å². The maximum absolute atomic E-state index is 12.2. The largest absolute Gasteiger partial charge is 0.368 e. The number of hydrogen-bond donors (Lipinski definition) is 2. The number of nitriles is 1. The third-order valence-electron chi connectivity index (χ3n) is 5.18. The molecule has 2 unspecified atom stereocenters. The highest BCUT2D eigenvalue weighted by Gasteiger charge is 2.41. The molecule has 4 heterocycles. The lowest BCUT2D eigenvalue weighted by Gasteiger charge is -2.26. The third kappa shape index (κ3) is 2.54. The van der Waals surface area contributed by atoms with E-state index in [1.165, 1.54) is 0 Å². The molecule has 0 radical (unpaired) electrons. The molecule has 4 rings (SSSR count). The first-order valence-corrected chi connectivity index (χ1v) is 8.53. The molecule has 1 aromatic rings. The summed E-state index contributed by atoms with van der Waals surface area (Å²) in [6.45, 7) is 3.40. The maximum Gasteiger partial charge on any atom is 0.318 e. The Hall–Kier alpha value is -2.89. The lowest BCUT2D eigenvalue weighted by atomic mass is 9.92. The number of aliphatic imine (C=N–C) groups is 1. The van der Waals surface area contributed by atoms with E-state index in [0.717, 1.165) is 18.1 Å². The second-order valence-corrected chi connectivity index (χ2v) is 6.52. The lowest BCUT2D eigenvalue weighted by molar-refractivity contribution is 0.208. The number of hydrogen-bond acceptors (Lipinski definition) is 6. The molecule has 130 valence electrons. The fraction of sp³-hybridized carbons (Fsp3) is 0.562. The SMILES string of the molecule is CC[C@H]1CN(C(=O)NCC#N)C[C@H]1c1nnc2n1C1C=CNC1N=C2. The van der Waals surface area contributed by atoms with Gasteiger partial charge in [0.15, 0.2) is 5.82 Å². The lowest BCUT2D eigenvalue weighted by Crippen LogP contribution is -2.39. The summed E-state index contributed by atoms with van der Waals surface area (Å²) < 4.78 is 2.14. The Kier molecular flexibility index (Phi) is 3.87. The van der Waals surface area contributed by atoms with Crippen LogP contribution >= 0.6 is 0 Å². The average Bonchev–Trinajstić information content (AvgIpc) is 3.34. The fourth-order valence-electron chi connectivity index (χ4n) is 3.89. The van der Waals surface area contributed by atoms with Crippen molar-refractivity contribution in [1.29, 1.82) is 5.26 Å². The molecule has 3 aliphatic heterocycles. The van der Waals surface area contributed by atoms with E-state index in [0.29, 0.717) is 19.0 Å². The summed E-state index contributed by atoms with van der Waals surface area (Å²) >= 11 is 0. The van der Waals surface area contributed by atoms with Crippen LogP contribution in [0.5, 0.6) is 0 Å². The summed E-state index contributed by atoms with van der Waals surface area (Å²) in [5.74, 6) is 2.11. The smallest absolute Gasteiger partial charge is 0.318 e. The average molecular weight is 340 g/mol. The van der Waals surface area contributed by atoms with E-state index in [9.17, 15) is 4.79 Å².